The number of hydrogen-bond donors (Lipinski definition) is 1. The summed E-state index contributed by atoms with van der Waals surface area (Å²) in [5.74, 6) is 0.679. The van der Waals surface area contributed by atoms with Crippen molar-refractivity contribution in [1.82, 2.24) is 14.5 Å². The maximum atomic E-state index is 6.21. The van der Waals surface area contributed by atoms with Gasteiger partial charge in [-0.1, -0.05) is 18.6 Å². The van der Waals surface area contributed by atoms with Crippen molar-refractivity contribution in [2.24, 2.45) is 0 Å². The molecule has 3 heterocycles. The highest BCUT2D eigenvalue weighted by molar-refractivity contribution is 5.78. The molecule has 0 saturated carbocycles. The van der Waals surface area contributed by atoms with E-state index in [-0.39, 0.29) is 0 Å². The average molecular weight is 270 g/mol. The molecule has 1 aromatic carbocycles. The molecule has 2 aliphatic rings. The zero-order valence-electron chi connectivity index (χ0n) is 12.0. The molecule has 2 bridgehead atoms. The summed E-state index contributed by atoms with van der Waals surface area (Å²) in [5, 5.41) is 0. The Morgan fingerprint density at radius 2 is 1.80 bits per heavy atom. The minimum absolute atomic E-state index is 0.508. The van der Waals surface area contributed by atoms with Crippen LogP contribution in [0, 0.1) is 0 Å². The number of imidazole rings is 1. The number of piperidine rings is 2. The largest absolute Gasteiger partial charge is 0.369 e. The second-order valence-corrected chi connectivity index (χ2v) is 6.36. The lowest BCUT2D eigenvalue weighted by Gasteiger charge is -2.47. The van der Waals surface area contributed by atoms with Crippen molar-refractivity contribution in [3.8, 4) is 0 Å². The molecule has 2 aliphatic heterocycles. The van der Waals surface area contributed by atoms with E-state index in [2.05, 4.69) is 39.7 Å². The van der Waals surface area contributed by atoms with Gasteiger partial charge < -0.3 is 15.2 Å². The number of nitrogens with two attached hydrogens (primary N) is 1. The first kappa shape index (κ1) is 12.2. The van der Waals surface area contributed by atoms with E-state index in [1.165, 1.54) is 37.6 Å². The number of nitrogens with zero attached hydrogens (tertiary/aromatic N) is 3. The Balaban J connectivity index is 1.75. The van der Waals surface area contributed by atoms with E-state index in [9.17, 15) is 0 Å². The van der Waals surface area contributed by atoms with Crippen molar-refractivity contribution >= 4 is 17.0 Å². The Hall–Kier alpha value is -1.55. The van der Waals surface area contributed by atoms with Crippen LogP contribution in [0.2, 0.25) is 0 Å². The van der Waals surface area contributed by atoms with Crippen LogP contribution < -0.4 is 5.73 Å². The first-order chi connectivity index (χ1) is 9.74. The van der Waals surface area contributed by atoms with Crippen LogP contribution in [0.1, 0.15) is 38.1 Å². The minimum atomic E-state index is 0.508. The summed E-state index contributed by atoms with van der Waals surface area (Å²) in [6, 6.07) is 10.2. The van der Waals surface area contributed by atoms with Gasteiger partial charge in [0.2, 0.25) is 5.95 Å². The first-order valence-electron chi connectivity index (χ1n) is 7.68. The summed E-state index contributed by atoms with van der Waals surface area (Å²) in [5.41, 5.74) is 8.42. The highest BCUT2D eigenvalue weighted by atomic mass is 15.2. The molecule has 20 heavy (non-hydrogen) atoms. The van der Waals surface area contributed by atoms with Crippen molar-refractivity contribution in [1.29, 1.82) is 0 Å². The van der Waals surface area contributed by atoms with E-state index in [4.69, 9.17) is 5.73 Å². The Morgan fingerprint density at radius 1 is 1.10 bits per heavy atom. The van der Waals surface area contributed by atoms with E-state index in [0.29, 0.717) is 24.1 Å². The fourth-order valence-corrected chi connectivity index (χ4v) is 4.24. The molecule has 2 saturated heterocycles. The average Bonchev–Trinajstić information content (AvgIpc) is 2.74. The van der Waals surface area contributed by atoms with E-state index < -0.39 is 0 Å². The van der Waals surface area contributed by atoms with Gasteiger partial charge in [0, 0.05) is 18.1 Å². The fraction of sp³-hybridized carbons (Fsp3) is 0.562. The van der Waals surface area contributed by atoms with Crippen molar-refractivity contribution in [3.63, 3.8) is 0 Å². The van der Waals surface area contributed by atoms with E-state index in [0.717, 1.165) is 5.52 Å². The Kier molecular flexibility index (Phi) is 2.74. The molecule has 106 valence electrons. The summed E-state index contributed by atoms with van der Waals surface area (Å²) >= 11 is 0. The van der Waals surface area contributed by atoms with Crippen LogP contribution in [0.4, 0.5) is 5.95 Å². The topological polar surface area (TPSA) is 47.1 Å². The summed E-state index contributed by atoms with van der Waals surface area (Å²) in [7, 11) is 2.29. The number of anilines is 1. The van der Waals surface area contributed by atoms with Gasteiger partial charge in [0.25, 0.3) is 0 Å². The molecule has 2 aromatic rings. The van der Waals surface area contributed by atoms with E-state index in [1.807, 2.05) is 6.07 Å². The number of benzene rings is 1. The zero-order valence-corrected chi connectivity index (χ0v) is 12.0. The van der Waals surface area contributed by atoms with Gasteiger partial charge in [-0.25, -0.2) is 4.98 Å². The van der Waals surface area contributed by atoms with Crippen molar-refractivity contribution in [2.75, 3.05) is 12.8 Å². The zero-order chi connectivity index (χ0) is 13.7. The van der Waals surface area contributed by atoms with Crippen LogP contribution in [-0.4, -0.2) is 33.6 Å². The third-order valence-electron chi connectivity index (χ3n) is 5.30. The van der Waals surface area contributed by atoms with Crippen LogP contribution in [0.3, 0.4) is 0 Å². The number of fused-ring (bicyclic) bond motifs is 3. The quantitative estimate of drug-likeness (QED) is 0.866. The second kappa shape index (κ2) is 4.48. The van der Waals surface area contributed by atoms with Crippen molar-refractivity contribution < 1.29 is 0 Å². The molecule has 0 spiro atoms. The van der Waals surface area contributed by atoms with Gasteiger partial charge in [-0.05, 0) is 44.9 Å². The molecular weight excluding hydrogens is 248 g/mol. The van der Waals surface area contributed by atoms with E-state index in [1.54, 1.807) is 0 Å². The predicted molar refractivity (Wildman–Crippen MR) is 81.6 cm³/mol. The summed E-state index contributed by atoms with van der Waals surface area (Å²) in [4.78, 5) is 7.12. The lowest BCUT2D eigenvalue weighted by atomic mass is 9.82. The molecule has 2 fully saturated rings. The molecular formula is C16H22N4. The smallest absolute Gasteiger partial charge is 0.201 e. The molecule has 0 aliphatic carbocycles. The highest BCUT2D eigenvalue weighted by Gasteiger charge is 2.37. The van der Waals surface area contributed by atoms with E-state index >= 15 is 0 Å². The predicted octanol–water partition coefficient (Wildman–Crippen LogP) is 2.81. The van der Waals surface area contributed by atoms with Crippen LogP contribution >= 0.6 is 0 Å². The number of aromatic nitrogens is 2. The molecule has 1 aromatic heterocycles. The van der Waals surface area contributed by atoms with Crippen molar-refractivity contribution in [3.05, 3.63) is 24.3 Å². The van der Waals surface area contributed by atoms with Crippen LogP contribution in [0.25, 0.3) is 11.0 Å². The van der Waals surface area contributed by atoms with Crippen LogP contribution in [-0.2, 0) is 0 Å². The van der Waals surface area contributed by atoms with Crippen LogP contribution in [0.15, 0.2) is 24.3 Å². The SMILES string of the molecule is CN1C2CCCC1CC(n1c(N)nc3ccccc31)C2. The third-order valence-corrected chi connectivity index (χ3v) is 5.30. The monoisotopic (exact) mass is 270 g/mol. The number of hydrogen-bond acceptors (Lipinski definition) is 3. The second-order valence-electron chi connectivity index (χ2n) is 6.36. The van der Waals surface area contributed by atoms with Gasteiger partial charge in [0.05, 0.1) is 11.0 Å². The van der Waals surface area contributed by atoms with Gasteiger partial charge in [-0.3, -0.25) is 0 Å². The number of para-hydroxylation sites is 2. The molecule has 2 unspecified atom stereocenters. The molecule has 4 heteroatoms. The van der Waals surface area contributed by atoms with Gasteiger partial charge in [0.15, 0.2) is 0 Å². The van der Waals surface area contributed by atoms with Crippen molar-refractivity contribution in [2.45, 2.75) is 50.2 Å². The Labute approximate surface area is 119 Å². The van der Waals surface area contributed by atoms with Crippen LogP contribution in [0.5, 0.6) is 0 Å². The van der Waals surface area contributed by atoms with Gasteiger partial charge in [-0.15, -0.1) is 0 Å². The molecule has 0 radical (unpaired) electrons. The summed E-state index contributed by atoms with van der Waals surface area (Å²) in [6.45, 7) is 0. The Morgan fingerprint density at radius 3 is 2.55 bits per heavy atom. The maximum absolute atomic E-state index is 6.21. The first-order valence-corrected chi connectivity index (χ1v) is 7.68. The number of rotatable bonds is 1. The molecule has 4 rings (SSSR count). The Bertz CT molecular complexity index is 618. The number of nitrogen functional groups attached to an aromatic ring is 1. The molecule has 4 nitrogen and oxygen atoms in total. The maximum Gasteiger partial charge on any atom is 0.201 e. The summed E-state index contributed by atoms with van der Waals surface area (Å²) in [6.07, 6.45) is 6.45. The molecule has 2 N–H and O–H groups in total. The van der Waals surface area contributed by atoms with Gasteiger partial charge in [0.1, 0.15) is 0 Å². The standard InChI is InChI=1S/C16H22N4/c1-19-11-5-4-6-12(19)10-13(9-11)20-15-8-3-2-7-14(15)18-16(20)17/h2-3,7-8,11-13H,4-6,9-10H2,1H3,(H2,17,18). The molecule has 2 atom stereocenters. The minimum Gasteiger partial charge on any atom is -0.369 e. The summed E-state index contributed by atoms with van der Waals surface area (Å²) < 4.78 is 2.29. The molecule has 0 amide bonds. The normalized spacial score (nSPS) is 30.8. The van der Waals surface area contributed by atoms with Gasteiger partial charge in [-0.2, -0.15) is 0 Å². The highest BCUT2D eigenvalue weighted by Crippen LogP contribution is 2.40. The fourth-order valence-electron chi connectivity index (χ4n) is 4.24. The lowest BCUT2D eigenvalue weighted by molar-refractivity contribution is 0.0415. The third kappa shape index (κ3) is 1.74. The lowest BCUT2D eigenvalue weighted by Crippen LogP contribution is -2.50. The van der Waals surface area contributed by atoms with Gasteiger partial charge >= 0.3 is 0 Å².